The average molecular weight is 330 g/mol. The van der Waals surface area contributed by atoms with E-state index in [0.29, 0.717) is 12.2 Å². The third-order valence-corrected chi connectivity index (χ3v) is 4.29. The molecule has 0 bridgehead atoms. The quantitative estimate of drug-likeness (QED) is 0.621. The van der Waals surface area contributed by atoms with E-state index >= 15 is 0 Å². The molecule has 130 valence electrons. The zero-order chi connectivity index (χ0) is 17.4. The van der Waals surface area contributed by atoms with Crippen LogP contribution in [0.25, 0.3) is 0 Å². The fourth-order valence-corrected chi connectivity index (χ4v) is 2.74. The lowest BCUT2D eigenvalue weighted by molar-refractivity contribution is -0.136. The van der Waals surface area contributed by atoms with E-state index in [-0.39, 0.29) is 6.10 Å². The second-order valence-electron chi connectivity index (χ2n) is 6.07. The predicted molar refractivity (Wildman–Crippen MR) is 94.7 cm³/mol. The summed E-state index contributed by atoms with van der Waals surface area (Å²) in [6.07, 6.45) is 7.69. The Morgan fingerprint density at radius 1 is 1.25 bits per heavy atom. The van der Waals surface area contributed by atoms with Gasteiger partial charge in [0.15, 0.2) is 0 Å². The third-order valence-electron chi connectivity index (χ3n) is 4.29. The first-order valence-corrected chi connectivity index (χ1v) is 8.50. The van der Waals surface area contributed by atoms with Gasteiger partial charge in [-0.2, -0.15) is 0 Å². The fourth-order valence-electron chi connectivity index (χ4n) is 2.74. The van der Waals surface area contributed by atoms with Crippen molar-refractivity contribution in [2.24, 2.45) is 0 Å². The molecule has 1 atom stereocenters. The minimum absolute atomic E-state index is 0.0700. The molecule has 0 aliphatic heterocycles. The fraction of sp³-hybridized carbons (Fsp3) is 0.474. The molecule has 0 fully saturated rings. The van der Waals surface area contributed by atoms with Crippen LogP contribution in [0.1, 0.15) is 50.7 Å². The van der Waals surface area contributed by atoms with Crippen LogP contribution in [0.4, 0.5) is 5.69 Å². The van der Waals surface area contributed by atoms with E-state index in [1.54, 1.807) is 13.2 Å². The van der Waals surface area contributed by atoms with Crippen molar-refractivity contribution in [3.63, 3.8) is 0 Å². The van der Waals surface area contributed by atoms with Gasteiger partial charge in [-0.3, -0.25) is 9.59 Å². The van der Waals surface area contributed by atoms with Gasteiger partial charge in [0.2, 0.25) is 0 Å². The number of ether oxygens (including phenoxy) is 1. The van der Waals surface area contributed by atoms with Crippen LogP contribution in [0.5, 0.6) is 0 Å². The Balaban J connectivity index is 1.80. The van der Waals surface area contributed by atoms with Gasteiger partial charge in [0.05, 0.1) is 6.10 Å². The molecule has 0 spiro atoms. The lowest BCUT2D eigenvalue weighted by atomic mass is 9.97. The molecule has 0 saturated carbocycles. The zero-order valence-electron chi connectivity index (χ0n) is 14.4. The molecule has 1 aliphatic rings. The molecule has 0 heterocycles. The van der Waals surface area contributed by atoms with Crippen molar-refractivity contribution in [1.82, 2.24) is 5.32 Å². The first-order valence-electron chi connectivity index (χ1n) is 8.50. The van der Waals surface area contributed by atoms with Gasteiger partial charge >= 0.3 is 11.8 Å². The van der Waals surface area contributed by atoms with Crippen molar-refractivity contribution in [2.75, 3.05) is 19.0 Å². The van der Waals surface area contributed by atoms with E-state index in [2.05, 4.69) is 16.7 Å². The molecule has 5 heteroatoms. The predicted octanol–water partition coefficient (Wildman–Crippen LogP) is 3.34. The highest BCUT2D eigenvalue weighted by molar-refractivity contribution is 6.39. The summed E-state index contributed by atoms with van der Waals surface area (Å²) < 4.78 is 5.26. The number of carbonyl (C=O) groups excluding carboxylic acids is 2. The SMILES string of the molecule is COC(C)c1cccc(NC(=O)C(=O)NCCC2=CCCCC2)c1. The summed E-state index contributed by atoms with van der Waals surface area (Å²) in [5.41, 5.74) is 2.91. The molecule has 1 aromatic rings. The Kier molecular flexibility index (Phi) is 7.00. The van der Waals surface area contributed by atoms with Crippen molar-refractivity contribution in [3.8, 4) is 0 Å². The normalized spacial score (nSPS) is 15.3. The molecule has 2 amide bonds. The molecule has 1 unspecified atom stereocenters. The van der Waals surface area contributed by atoms with Gasteiger partial charge in [-0.25, -0.2) is 0 Å². The van der Waals surface area contributed by atoms with Crippen LogP contribution in [0.3, 0.4) is 0 Å². The molecular weight excluding hydrogens is 304 g/mol. The van der Waals surface area contributed by atoms with Crippen molar-refractivity contribution in [1.29, 1.82) is 0 Å². The maximum Gasteiger partial charge on any atom is 0.313 e. The van der Waals surface area contributed by atoms with E-state index in [0.717, 1.165) is 24.8 Å². The maximum absolute atomic E-state index is 12.0. The summed E-state index contributed by atoms with van der Waals surface area (Å²) >= 11 is 0. The van der Waals surface area contributed by atoms with Crippen LogP contribution >= 0.6 is 0 Å². The van der Waals surface area contributed by atoms with Gasteiger partial charge in [-0.15, -0.1) is 0 Å². The molecule has 1 aromatic carbocycles. The largest absolute Gasteiger partial charge is 0.377 e. The maximum atomic E-state index is 12.0. The topological polar surface area (TPSA) is 67.4 Å². The van der Waals surface area contributed by atoms with E-state index in [1.807, 2.05) is 25.1 Å². The number of hydrogen-bond acceptors (Lipinski definition) is 3. The molecule has 0 saturated heterocycles. The van der Waals surface area contributed by atoms with E-state index < -0.39 is 11.8 Å². The van der Waals surface area contributed by atoms with Gasteiger partial charge in [-0.05, 0) is 56.7 Å². The highest BCUT2D eigenvalue weighted by Gasteiger charge is 2.14. The number of anilines is 1. The zero-order valence-corrected chi connectivity index (χ0v) is 14.4. The first-order chi connectivity index (χ1) is 11.6. The summed E-state index contributed by atoms with van der Waals surface area (Å²) in [5, 5.41) is 5.31. The monoisotopic (exact) mass is 330 g/mol. The first kappa shape index (κ1) is 18.2. The molecule has 1 aliphatic carbocycles. The van der Waals surface area contributed by atoms with E-state index in [1.165, 1.54) is 18.4 Å². The van der Waals surface area contributed by atoms with Gasteiger partial charge < -0.3 is 15.4 Å². The summed E-state index contributed by atoms with van der Waals surface area (Å²) in [5.74, 6) is -1.24. The van der Waals surface area contributed by atoms with Crippen molar-refractivity contribution >= 4 is 17.5 Å². The third kappa shape index (κ3) is 5.49. The van der Waals surface area contributed by atoms with Crippen molar-refractivity contribution in [3.05, 3.63) is 41.5 Å². The molecule has 5 nitrogen and oxygen atoms in total. The van der Waals surface area contributed by atoms with Crippen molar-refractivity contribution in [2.45, 2.75) is 45.1 Å². The Morgan fingerprint density at radius 3 is 2.79 bits per heavy atom. The summed E-state index contributed by atoms with van der Waals surface area (Å²) in [4.78, 5) is 23.9. The minimum Gasteiger partial charge on any atom is -0.377 e. The van der Waals surface area contributed by atoms with Crippen LogP contribution in [0.15, 0.2) is 35.9 Å². The van der Waals surface area contributed by atoms with Crippen LogP contribution in [-0.4, -0.2) is 25.5 Å². The number of rotatable bonds is 6. The van der Waals surface area contributed by atoms with Crippen LogP contribution < -0.4 is 10.6 Å². The number of nitrogens with one attached hydrogen (secondary N) is 2. The summed E-state index contributed by atoms with van der Waals surface area (Å²) in [6, 6.07) is 7.31. The number of hydrogen-bond donors (Lipinski definition) is 2. The lowest BCUT2D eigenvalue weighted by Crippen LogP contribution is -2.36. The number of methoxy groups -OCH3 is 1. The number of allylic oxidation sites excluding steroid dienone is 1. The number of carbonyl (C=O) groups is 2. The van der Waals surface area contributed by atoms with Gasteiger partial charge in [0, 0.05) is 19.3 Å². The van der Waals surface area contributed by atoms with Gasteiger partial charge in [0.1, 0.15) is 0 Å². The lowest BCUT2D eigenvalue weighted by Gasteiger charge is -2.13. The molecule has 24 heavy (non-hydrogen) atoms. The number of benzene rings is 1. The molecule has 0 radical (unpaired) electrons. The highest BCUT2D eigenvalue weighted by atomic mass is 16.5. The molecular formula is C19H26N2O3. The summed E-state index contributed by atoms with van der Waals surface area (Å²) in [6.45, 7) is 2.42. The average Bonchev–Trinajstić information content (AvgIpc) is 2.62. The van der Waals surface area contributed by atoms with Gasteiger partial charge in [-0.1, -0.05) is 23.8 Å². The second kappa shape index (κ2) is 9.23. The van der Waals surface area contributed by atoms with Gasteiger partial charge in [0.25, 0.3) is 0 Å². The Labute approximate surface area is 143 Å². The smallest absolute Gasteiger partial charge is 0.313 e. The van der Waals surface area contributed by atoms with Crippen LogP contribution in [0, 0.1) is 0 Å². The van der Waals surface area contributed by atoms with E-state index in [4.69, 9.17) is 4.74 Å². The molecule has 2 rings (SSSR count). The minimum atomic E-state index is -0.644. The Morgan fingerprint density at radius 2 is 2.08 bits per heavy atom. The van der Waals surface area contributed by atoms with Crippen molar-refractivity contribution < 1.29 is 14.3 Å². The standard InChI is InChI=1S/C19H26N2O3/c1-14(24-2)16-9-6-10-17(13-16)21-19(23)18(22)20-12-11-15-7-4-3-5-8-15/h6-7,9-10,13-14H,3-5,8,11-12H2,1-2H3,(H,20,22)(H,21,23). The number of amides is 2. The molecule has 2 N–H and O–H groups in total. The Hall–Kier alpha value is -2.14. The molecule has 0 aromatic heterocycles. The van der Waals surface area contributed by atoms with Crippen LogP contribution in [-0.2, 0) is 14.3 Å². The highest BCUT2D eigenvalue weighted by Crippen LogP contribution is 2.20. The second-order valence-corrected chi connectivity index (χ2v) is 6.07. The summed E-state index contributed by atoms with van der Waals surface area (Å²) in [7, 11) is 1.63. The van der Waals surface area contributed by atoms with Crippen LogP contribution in [0.2, 0.25) is 0 Å². The van der Waals surface area contributed by atoms with E-state index in [9.17, 15) is 9.59 Å². The Bertz CT molecular complexity index is 610.